The Morgan fingerprint density at radius 1 is 1.44 bits per heavy atom. The number of hydrogen-bond acceptors (Lipinski definition) is 5. The number of thiazole rings is 1. The number of nitrogens with zero attached hydrogens (tertiary/aromatic N) is 1. The molecule has 0 saturated heterocycles. The Bertz CT molecular complexity index is 550. The van der Waals surface area contributed by atoms with Gasteiger partial charge in [0.1, 0.15) is 5.01 Å². The molecule has 5 heteroatoms. The van der Waals surface area contributed by atoms with Gasteiger partial charge in [-0.25, -0.2) is 9.78 Å². The van der Waals surface area contributed by atoms with E-state index in [0.29, 0.717) is 11.3 Å². The number of benzene rings is 1. The summed E-state index contributed by atoms with van der Waals surface area (Å²) in [7, 11) is 0. The van der Waals surface area contributed by atoms with Gasteiger partial charge in [-0.1, -0.05) is 0 Å². The largest absolute Gasteiger partial charge is 0.459 e. The lowest BCUT2D eigenvalue weighted by atomic mass is 10.1. The molecule has 0 saturated carbocycles. The van der Waals surface area contributed by atoms with E-state index in [1.54, 1.807) is 32.2 Å². The molecule has 0 bridgehead atoms. The summed E-state index contributed by atoms with van der Waals surface area (Å²) in [5.74, 6) is -0.402. The number of carbonyl (C=O) groups is 1. The van der Waals surface area contributed by atoms with Crippen LogP contribution in [0.25, 0.3) is 10.6 Å². The quantitative estimate of drug-likeness (QED) is 0.682. The number of carbonyl (C=O) groups excluding carboxylic acids is 1. The van der Waals surface area contributed by atoms with E-state index in [1.165, 1.54) is 11.3 Å². The van der Waals surface area contributed by atoms with E-state index in [2.05, 4.69) is 4.98 Å². The molecule has 18 heavy (non-hydrogen) atoms. The van der Waals surface area contributed by atoms with E-state index in [9.17, 15) is 4.79 Å². The van der Waals surface area contributed by atoms with E-state index in [0.717, 1.165) is 10.6 Å². The molecule has 0 spiro atoms. The zero-order valence-electron chi connectivity index (χ0n) is 10.2. The first-order valence-electron chi connectivity index (χ1n) is 5.58. The molecule has 2 aromatic rings. The van der Waals surface area contributed by atoms with Crippen LogP contribution >= 0.6 is 11.3 Å². The number of hydrogen-bond donors (Lipinski definition) is 1. The Kier molecular flexibility index (Phi) is 3.62. The summed E-state index contributed by atoms with van der Waals surface area (Å²) in [5.41, 5.74) is 7.48. The van der Waals surface area contributed by atoms with E-state index in [-0.39, 0.29) is 6.10 Å². The van der Waals surface area contributed by atoms with Gasteiger partial charge in [0.05, 0.1) is 11.7 Å². The molecular formula is C13H14N2O2S. The Hall–Kier alpha value is -1.88. The Morgan fingerprint density at radius 2 is 2.22 bits per heavy atom. The second-order valence-corrected chi connectivity index (χ2v) is 4.99. The van der Waals surface area contributed by atoms with Gasteiger partial charge in [0.25, 0.3) is 0 Å². The summed E-state index contributed by atoms with van der Waals surface area (Å²) in [6.45, 7) is 3.61. The van der Waals surface area contributed by atoms with E-state index in [4.69, 9.17) is 10.5 Å². The van der Waals surface area contributed by atoms with Crippen LogP contribution in [0.1, 0.15) is 24.2 Å². The van der Waals surface area contributed by atoms with E-state index >= 15 is 0 Å². The fraction of sp³-hybridized carbons (Fsp3) is 0.231. The van der Waals surface area contributed by atoms with Gasteiger partial charge in [-0.05, 0) is 32.0 Å². The van der Waals surface area contributed by atoms with Gasteiger partial charge < -0.3 is 10.5 Å². The molecular weight excluding hydrogens is 248 g/mol. The van der Waals surface area contributed by atoms with Gasteiger partial charge >= 0.3 is 5.97 Å². The molecule has 1 aromatic carbocycles. The topological polar surface area (TPSA) is 65.2 Å². The lowest BCUT2D eigenvalue weighted by Crippen LogP contribution is -2.13. The van der Waals surface area contributed by atoms with Crippen LogP contribution in [0.3, 0.4) is 0 Å². The van der Waals surface area contributed by atoms with Crippen molar-refractivity contribution in [3.05, 3.63) is 35.3 Å². The standard InChI is InChI=1S/C13H14N2O2S/c1-8(2)17-13(16)10-7-9(3-4-11(10)14)12-15-5-6-18-12/h3-8H,14H2,1-2H3. The van der Waals surface area contributed by atoms with Gasteiger partial charge in [-0.2, -0.15) is 0 Å². The highest BCUT2D eigenvalue weighted by molar-refractivity contribution is 7.13. The molecule has 0 radical (unpaired) electrons. The van der Waals surface area contributed by atoms with Crippen LogP contribution in [-0.4, -0.2) is 17.1 Å². The van der Waals surface area contributed by atoms with Crippen LogP contribution in [0.4, 0.5) is 5.69 Å². The molecule has 0 aliphatic rings. The predicted molar refractivity (Wildman–Crippen MR) is 72.5 cm³/mol. The third-order valence-corrected chi connectivity index (χ3v) is 3.12. The zero-order valence-corrected chi connectivity index (χ0v) is 11.0. The molecule has 1 aromatic heterocycles. The SMILES string of the molecule is CC(C)OC(=O)c1cc(-c2nccs2)ccc1N. The van der Waals surface area contributed by atoms with Crippen molar-refractivity contribution >= 4 is 23.0 Å². The number of anilines is 1. The molecule has 1 heterocycles. The van der Waals surface area contributed by atoms with Crippen LogP contribution in [0.15, 0.2) is 29.8 Å². The number of aromatic nitrogens is 1. The lowest BCUT2D eigenvalue weighted by molar-refractivity contribution is 0.0379. The highest BCUT2D eigenvalue weighted by atomic mass is 32.1. The monoisotopic (exact) mass is 262 g/mol. The molecule has 0 amide bonds. The van der Waals surface area contributed by atoms with Gasteiger partial charge in [0.15, 0.2) is 0 Å². The van der Waals surface area contributed by atoms with Crippen LogP contribution in [0, 0.1) is 0 Å². The minimum Gasteiger partial charge on any atom is -0.459 e. The van der Waals surface area contributed by atoms with Crippen LogP contribution < -0.4 is 5.73 Å². The minimum atomic E-state index is -0.402. The highest BCUT2D eigenvalue weighted by Crippen LogP contribution is 2.26. The highest BCUT2D eigenvalue weighted by Gasteiger charge is 2.14. The second-order valence-electron chi connectivity index (χ2n) is 4.09. The maximum absolute atomic E-state index is 11.9. The number of rotatable bonds is 3. The van der Waals surface area contributed by atoms with Crippen molar-refractivity contribution < 1.29 is 9.53 Å². The average molecular weight is 262 g/mol. The molecule has 2 rings (SSSR count). The Labute approximate surface area is 109 Å². The van der Waals surface area contributed by atoms with Crippen molar-refractivity contribution in [2.75, 3.05) is 5.73 Å². The third kappa shape index (κ3) is 2.68. The van der Waals surface area contributed by atoms with Crippen molar-refractivity contribution in [1.29, 1.82) is 0 Å². The Morgan fingerprint density at radius 3 is 2.83 bits per heavy atom. The maximum Gasteiger partial charge on any atom is 0.340 e. The molecule has 0 aliphatic heterocycles. The van der Waals surface area contributed by atoms with E-state index in [1.807, 2.05) is 11.4 Å². The predicted octanol–water partition coefficient (Wildman–Crippen LogP) is 2.96. The Balaban J connectivity index is 2.36. The van der Waals surface area contributed by atoms with Gasteiger partial charge in [0, 0.05) is 22.8 Å². The average Bonchev–Trinajstić information content (AvgIpc) is 2.82. The second kappa shape index (κ2) is 5.18. The van der Waals surface area contributed by atoms with Crippen molar-refractivity contribution in [2.24, 2.45) is 0 Å². The number of ether oxygens (including phenoxy) is 1. The third-order valence-electron chi connectivity index (χ3n) is 2.30. The number of nitrogen functional groups attached to an aromatic ring is 1. The first kappa shape index (κ1) is 12.6. The summed E-state index contributed by atoms with van der Waals surface area (Å²) in [6, 6.07) is 5.27. The summed E-state index contributed by atoms with van der Waals surface area (Å²) in [6.07, 6.45) is 1.56. The molecule has 0 atom stereocenters. The van der Waals surface area contributed by atoms with Crippen molar-refractivity contribution in [2.45, 2.75) is 20.0 Å². The first-order valence-corrected chi connectivity index (χ1v) is 6.46. The van der Waals surface area contributed by atoms with Gasteiger partial charge in [0.2, 0.25) is 0 Å². The smallest absolute Gasteiger partial charge is 0.340 e. The van der Waals surface area contributed by atoms with Crippen molar-refractivity contribution in [3.63, 3.8) is 0 Å². The number of nitrogens with two attached hydrogens (primary N) is 1. The summed E-state index contributed by atoms with van der Waals surface area (Å²) in [4.78, 5) is 16.1. The van der Waals surface area contributed by atoms with E-state index < -0.39 is 5.97 Å². The summed E-state index contributed by atoms with van der Waals surface area (Å²) in [5, 5.41) is 2.74. The lowest BCUT2D eigenvalue weighted by Gasteiger charge is -2.10. The molecule has 4 nitrogen and oxygen atoms in total. The zero-order chi connectivity index (χ0) is 13.1. The fourth-order valence-corrected chi connectivity index (χ4v) is 2.15. The molecule has 0 unspecified atom stereocenters. The van der Waals surface area contributed by atoms with Crippen molar-refractivity contribution in [3.8, 4) is 10.6 Å². The molecule has 94 valence electrons. The summed E-state index contributed by atoms with van der Waals surface area (Å²) < 4.78 is 5.15. The van der Waals surface area contributed by atoms with Crippen LogP contribution in [0.5, 0.6) is 0 Å². The summed E-state index contributed by atoms with van der Waals surface area (Å²) >= 11 is 1.51. The maximum atomic E-state index is 11.9. The molecule has 0 fully saturated rings. The van der Waals surface area contributed by atoms with Crippen LogP contribution in [0.2, 0.25) is 0 Å². The first-order chi connectivity index (χ1) is 8.58. The number of esters is 1. The molecule has 2 N–H and O–H groups in total. The van der Waals surface area contributed by atoms with Gasteiger partial charge in [-0.3, -0.25) is 0 Å². The van der Waals surface area contributed by atoms with Crippen LogP contribution in [-0.2, 0) is 4.74 Å². The van der Waals surface area contributed by atoms with Gasteiger partial charge in [-0.15, -0.1) is 11.3 Å². The normalized spacial score (nSPS) is 10.6. The molecule has 0 aliphatic carbocycles. The van der Waals surface area contributed by atoms with Crippen molar-refractivity contribution in [1.82, 2.24) is 4.98 Å². The minimum absolute atomic E-state index is 0.166. The fourth-order valence-electron chi connectivity index (χ4n) is 1.51.